The number of hydrogen-bond acceptors (Lipinski definition) is 3. The van der Waals surface area contributed by atoms with Crippen LogP contribution in [-0.4, -0.2) is 24.1 Å². The average Bonchev–Trinajstić information content (AvgIpc) is 2.37. The summed E-state index contributed by atoms with van der Waals surface area (Å²) in [4.78, 5) is 12.1. The summed E-state index contributed by atoms with van der Waals surface area (Å²) in [5.41, 5.74) is 6.41. The molecule has 0 heterocycles. The number of halogens is 1. The molecule has 126 valence electrons. The number of rotatable bonds is 5. The highest BCUT2D eigenvalue weighted by atomic mass is 35.5. The molecule has 1 aromatic carbocycles. The minimum absolute atomic E-state index is 0. The second-order valence-corrected chi connectivity index (χ2v) is 7.12. The van der Waals surface area contributed by atoms with Gasteiger partial charge in [0.25, 0.3) is 5.91 Å². The Morgan fingerprint density at radius 2 is 1.86 bits per heavy atom. The first kappa shape index (κ1) is 20.7. The molecule has 0 fully saturated rings. The van der Waals surface area contributed by atoms with Crippen molar-refractivity contribution in [2.45, 2.75) is 58.6 Å². The molecule has 4 nitrogen and oxygen atoms in total. The highest BCUT2D eigenvalue weighted by molar-refractivity contribution is 5.85. The SMILES string of the molecule is CC(Oc1cccc(C(C)(C)C)c1)C(=O)NC(C)(C)CN.Cl. The van der Waals surface area contributed by atoms with Crippen LogP contribution in [0.15, 0.2) is 24.3 Å². The van der Waals surface area contributed by atoms with Crippen molar-refractivity contribution in [1.82, 2.24) is 5.32 Å². The van der Waals surface area contributed by atoms with Gasteiger partial charge in [-0.15, -0.1) is 12.4 Å². The predicted octanol–water partition coefficient (Wildman–Crippen LogP) is 3.03. The largest absolute Gasteiger partial charge is 0.481 e. The fourth-order valence-corrected chi connectivity index (χ4v) is 1.78. The van der Waals surface area contributed by atoms with Gasteiger partial charge in [0.1, 0.15) is 5.75 Å². The minimum Gasteiger partial charge on any atom is -0.481 e. The Bertz CT molecular complexity index is 496. The molecule has 0 saturated carbocycles. The van der Waals surface area contributed by atoms with Crippen molar-refractivity contribution in [3.05, 3.63) is 29.8 Å². The Balaban J connectivity index is 0.00000441. The summed E-state index contributed by atoms with van der Waals surface area (Å²) >= 11 is 0. The van der Waals surface area contributed by atoms with Gasteiger partial charge in [0, 0.05) is 12.1 Å². The molecule has 22 heavy (non-hydrogen) atoms. The van der Waals surface area contributed by atoms with E-state index in [1.807, 2.05) is 32.0 Å². The number of carbonyl (C=O) groups excluding carboxylic acids is 1. The number of carbonyl (C=O) groups is 1. The predicted molar refractivity (Wildman–Crippen MR) is 93.8 cm³/mol. The van der Waals surface area contributed by atoms with Crippen LogP contribution in [0.1, 0.15) is 47.1 Å². The quantitative estimate of drug-likeness (QED) is 0.873. The lowest BCUT2D eigenvalue weighted by Crippen LogP contribution is -2.52. The second-order valence-electron chi connectivity index (χ2n) is 7.12. The first-order valence-corrected chi connectivity index (χ1v) is 7.34. The summed E-state index contributed by atoms with van der Waals surface area (Å²) in [7, 11) is 0. The number of ether oxygens (including phenoxy) is 1. The Morgan fingerprint density at radius 1 is 1.27 bits per heavy atom. The normalized spacial score (nSPS) is 13.0. The molecule has 1 amide bonds. The fraction of sp³-hybridized carbons (Fsp3) is 0.588. The zero-order chi connectivity index (χ0) is 16.3. The summed E-state index contributed by atoms with van der Waals surface area (Å²) in [6, 6.07) is 7.87. The molecule has 0 aliphatic carbocycles. The molecular weight excluding hydrogens is 300 g/mol. The summed E-state index contributed by atoms with van der Waals surface area (Å²) in [5.74, 6) is 0.544. The van der Waals surface area contributed by atoms with Crippen LogP contribution < -0.4 is 15.8 Å². The highest BCUT2D eigenvalue weighted by Crippen LogP contribution is 2.26. The summed E-state index contributed by atoms with van der Waals surface area (Å²) < 4.78 is 5.75. The van der Waals surface area contributed by atoms with E-state index in [2.05, 4.69) is 32.2 Å². The fourth-order valence-electron chi connectivity index (χ4n) is 1.78. The van der Waals surface area contributed by atoms with E-state index < -0.39 is 11.6 Å². The summed E-state index contributed by atoms with van der Waals surface area (Å²) in [6.07, 6.45) is -0.564. The summed E-state index contributed by atoms with van der Waals surface area (Å²) in [5, 5.41) is 2.88. The van der Waals surface area contributed by atoms with Gasteiger partial charge in [-0.2, -0.15) is 0 Å². The van der Waals surface area contributed by atoms with E-state index in [0.29, 0.717) is 12.3 Å². The molecule has 0 bridgehead atoms. The third-order valence-corrected chi connectivity index (χ3v) is 3.35. The Morgan fingerprint density at radius 3 is 2.36 bits per heavy atom. The lowest BCUT2D eigenvalue weighted by molar-refractivity contribution is -0.128. The number of nitrogens with two attached hydrogens (primary N) is 1. The lowest BCUT2D eigenvalue weighted by atomic mass is 9.87. The molecule has 0 aromatic heterocycles. The van der Waals surface area contributed by atoms with Gasteiger partial charge in [0.05, 0.1) is 0 Å². The maximum atomic E-state index is 12.1. The van der Waals surface area contributed by atoms with Crippen LogP contribution >= 0.6 is 12.4 Å². The molecular formula is C17H29ClN2O2. The monoisotopic (exact) mass is 328 g/mol. The molecule has 3 N–H and O–H groups in total. The topological polar surface area (TPSA) is 64.3 Å². The van der Waals surface area contributed by atoms with Crippen LogP contribution in [0.3, 0.4) is 0 Å². The number of nitrogens with one attached hydrogen (secondary N) is 1. The summed E-state index contributed by atoms with van der Waals surface area (Å²) in [6.45, 7) is 12.3. The van der Waals surface area contributed by atoms with E-state index in [9.17, 15) is 4.79 Å². The maximum Gasteiger partial charge on any atom is 0.261 e. The van der Waals surface area contributed by atoms with Gasteiger partial charge in [0.15, 0.2) is 6.10 Å². The zero-order valence-corrected chi connectivity index (χ0v) is 15.2. The zero-order valence-electron chi connectivity index (χ0n) is 14.4. The second kappa shape index (κ2) is 7.84. The van der Waals surface area contributed by atoms with E-state index in [1.165, 1.54) is 5.56 Å². The molecule has 0 saturated heterocycles. The van der Waals surface area contributed by atoms with Gasteiger partial charge in [-0.3, -0.25) is 4.79 Å². The molecule has 1 unspecified atom stereocenters. The third kappa shape index (κ3) is 6.24. The Labute approximate surface area is 140 Å². The molecule has 1 aromatic rings. The molecule has 5 heteroatoms. The van der Waals surface area contributed by atoms with E-state index in [1.54, 1.807) is 6.92 Å². The van der Waals surface area contributed by atoms with Crippen molar-refractivity contribution >= 4 is 18.3 Å². The molecule has 0 aliphatic heterocycles. The van der Waals surface area contributed by atoms with Gasteiger partial charge >= 0.3 is 0 Å². The van der Waals surface area contributed by atoms with Crippen LogP contribution in [-0.2, 0) is 10.2 Å². The molecule has 0 radical (unpaired) electrons. The van der Waals surface area contributed by atoms with Gasteiger partial charge in [-0.05, 0) is 43.9 Å². The van der Waals surface area contributed by atoms with E-state index in [-0.39, 0.29) is 23.7 Å². The first-order valence-electron chi connectivity index (χ1n) is 7.34. The first-order chi connectivity index (χ1) is 9.55. The minimum atomic E-state index is -0.564. The van der Waals surface area contributed by atoms with Gasteiger partial charge in [-0.1, -0.05) is 32.9 Å². The lowest BCUT2D eigenvalue weighted by Gasteiger charge is -2.26. The van der Waals surface area contributed by atoms with Gasteiger partial charge in [-0.25, -0.2) is 0 Å². The van der Waals surface area contributed by atoms with Crippen LogP contribution in [0.2, 0.25) is 0 Å². The highest BCUT2D eigenvalue weighted by Gasteiger charge is 2.23. The van der Waals surface area contributed by atoms with Crippen molar-refractivity contribution < 1.29 is 9.53 Å². The van der Waals surface area contributed by atoms with Crippen molar-refractivity contribution in [2.75, 3.05) is 6.54 Å². The average molecular weight is 329 g/mol. The Hall–Kier alpha value is -1.26. The third-order valence-electron chi connectivity index (χ3n) is 3.35. The van der Waals surface area contributed by atoms with Crippen LogP contribution in [0.5, 0.6) is 5.75 Å². The smallest absolute Gasteiger partial charge is 0.261 e. The van der Waals surface area contributed by atoms with Gasteiger partial charge in [0.2, 0.25) is 0 Å². The Kier molecular flexibility index (Phi) is 7.39. The van der Waals surface area contributed by atoms with Crippen molar-refractivity contribution in [3.8, 4) is 5.75 Å². The van der Waals surface area contributed by atoms with E-state index in [4.69, 9.17) is 10.5 Å². The maximum absolute atomic E-state index is 12.1. The van der Waals surface area contributed by atoms with Crippen molar-refractivity contribution in [3.63, 3.8) is 0 Å². The van der Waals surface area contributed by atoms with E-state index >= 15 is 0 Å². The van der Waals surface area contributed by atoms with E-state index in [0.717, 1.165) is 0 Å². The van der Waals surface area contributed by atoms with Crippen LogP contribution in [0.25, 0.3) is 0 Å². The molecule has 1 atom stereocenters. The number of amides is 1. The van der Waals surface area contributed by atoms with Crippen molar-refractivity contribution in [1.29, 1.82) is 0 Å². The van der Waals surface area contributed by atoms with Gasteiger partial charge < -0.3 is 15.8 Å². The number of hydrogen-bond donors (Lipinski definition) is 2. The molecule has 0 aliphatic rings. The van der Waals surface area contributed by atoms with Crippen molar-refractivity contribution in [2.24, 2.45) is 5.73 Å². The standard InChI is InChI=1S/C17H28N2O2.ClH/c1-12(15(20)19-17(5,6)11-18)21-14-9-7-8-13(10-14)16(2,3)4;/h7-10,12H,11,18H2,1-6H3,(H,19,20);1H. The molecule has 0 spiro atoms. The van der Waals surface area contributed by atoms with Crippen LogP contribution in [0.4, 0.5) is 0 Å². The van der Waals surface area contributed by atoms with Crippen LogP contribution in [0, 0.1) is 0 Å². The number of benzene rings is 1. The molecule has 1 rings (SSSR count).